The fourth-order valence-electron chi connectivity index (χ4n) is 2.95. The summed E-state index contributed by atoms with van der Waals surface area (Å²) in [6.07, 6.45) is 4.06. The van der Waals surface area contributed by atoms with Gasteiger partial charge in [-0.05, 0) is 30.6 Å². The molecule has 0 aliphatic heterocycles. The molecule has 0 amide bonds. The maximum absolute atomic E-state index is 12.3. The molecule has 33 heavy (non-hydrogen) atoms. The zero-order valence-electron chi connectivity index (χ0n) is 20.0. The van der Waals surface area contributed by atoms with Gasteiger partial charge in [0.15, 0.2) is 6.47 Å². The molecule has 0 fully saturated rings. The number of hydrogen-bond acceptors (Lipinski definition) is 4. The molecule has 0 saturated heterocycles. The quantitative estimate of drug-likeness (QED) is 0.152. The Morgan fingerprint density at radius 1 is 1.18 bits per heavy atom. The number of allylic oxidation sites excluding steroid dienone is 2. The SMILES string of the molecule is CC(=O)c1ccc(C(F)(F)F)cc1O[C-]=O.C[CH-]C(C)C(C)C(C)CC(=O)C/C=C\CC.[W+2]. The number of carbonyl (C=O) groups excluding carboxylic acids is 3. The van der Waals surface area contributed by atoms with E-state index < -0.39 is 23.3 Å². The van der Waals surface area contributed by atoms with Gasteiger partial charge < -0.3 is 16.0 Å². The second kappa shape index (κ2) is 16.8. The zero-order chi connectivity index (χ0) is 24.9. The maximum Gasteiger partial charge on any atom is 2.00 e. The summed E-state index contributed by atoms with van der Waals surface area (Å²) in [5, 5.41) is 0. The van der Waals surface area contributed by atoms with E-state index in [1.165, 1.54) is 0 Å². The molecule has 0 spiro atoms. The average molecular weight is 638 g/mol. The molecule has 0 aliphatic carbocycles. The third kappa shape index (κ3) is 12.9. The molecular weight excluding hydrogens is 605 g/mol. The second-order valence-corrected chi connectivity index (χ2v) is 7.81. The van der Waals surface area contributed by atoms with E-state index in [1.54, 1.807) is 0 Å². The summed E-state index contributed by atoms with van der Waals surface area (Å²) in [4.78, 5) is 32.7. The monoisotopic (exact) mass is 638 g/mol. The molecule has 1 aromatic carbocycles. The molecule has 0 aromatic heterocycles. The Balaban J connectivity index is 0. The molecule has 0 radical (unpaired) electrons. The number of carbonyl (C=O) groups is 2. The molecule has 1 aromatic rings. The molecule has 4 nitrogen and oxygen atoms in total. The van der Waals surface area contributed by atoms with E-state index in [9.17, 15) is 27.6 Å². The molecule has 184 valence electrons. The summed E-state index contributed by atoms with van der Waals surface area (Å²) in [6, 6.07) is 2.29. The molecule has 3 atom stereocenters. The largest absolute Gasteiger partial charge is 2.00 e. The van der Waals surface area contributed by atoms with E-state index in [-0.39, 0.29) is 26.6 Å². The predicted octanol–water partition coefficient (Wildman–Crippen LogP) is 6.79. The van der Waals surface area contributed by atoms with Gasteiger partial charge in [-0.2, -0.15) is 26.0 Å². The van der Waals surface area contributed by atoms with E-state index in [1.807, 2.05) is 6.08 Å². The van der Waals surface area contributed by atoms with Gasteiger partial charge in [0.2, 0.25) is 0 Å². The van der Waals surface area contributed by atoms with Crippen molar-refractivity contribution in [3.63, 3.8) is 0 Å². The molecule has 8 heteroatoms. The number of hydrogen-bond donors (Lipinski definition) is 0. The Labute approximate surface area is 209 Å². The second-order valence-electron chi connectivity index (χ2n) is 7.81. The van der Waals surface area contributed by atoms with Crippen LogP contribution in [0.2, 0.25) is 0 Å². The van der Waals surface area contributed by atoms with Crippen LogP contribution in [0.4, 0.5) is 13.2 Å². The Hall–Kier alpha value is -1.75. The predicted molar refractivity (Wildman–Crippen MR) is 119 cm³/mol. The number of alkyl halides is 3. The Morgan fingerprint density at radius 2 is 1.79 bits per heavy atom. The number of ketones is 2. The Kier molecular flexibility index (Phi) is 17.0. The summed E-state index contributed by atoms with van der Waals surface area (Å²) in [5.74, 6) is 1.08. The molecule has 1 rings (SSSR count). The molecule has 0 N–H and O–H groups in total. The minimum Gasteiger partial charge on any atom is -0.609 e. The van der Waals surface area contributed by atoms with E-state index in [2.05, 4.69) is 51.9 Å². The Bertz CT molecular complexity index is 775. The molecule has 3 unspecified atom stereocenters. The third-order valence-corrected chi connectivity index (χ3v) is 5.39. The minimum atomic E-state index is -4.56. The summed E-state index contributed by atoms with van der Waals surface area (Å²) in [6.45, 7) is 13.0. The van der Waals surface area contributed by atoms with Crippen LogP contribution in [0.1, 0.15) is 76.7 Å². The smallest absolute Gasteiger partial charge is 0.609 e. The van der Waals surface area contributed by atoms with Gasteiger partial charge >= 0.3 is 27.2 Å². The molecule has 0 saturated carbocycles. The fraction of sp³-hybridized carbons (Fsp3) is 0.520. The number of benzene rings is 1. The van der Waals surface area contributed by atoms with Crippen LogP contribution >= 0.6 is 0 Å². The van der Waals surface area contributed by atoms with Crippen molar-refractivity contribution >= 4 is 18.0 Å². The van der Waals surface area contributed by atoms with Crippen LogP contribution in [-0.2, 0) is 36.8 Å². The van der Waals surface area contributed by atoms with Crippen LogP contribution in [0, 0.1) is 24.2 Å². The van der Waals surface area contributed by atoms with Crippen molar-refractivity contribution in [3.05, 3.63) is 47.9 Å². The molecular formula is C25H33F3O4W. The van der Waals surface area contributed by atoms with Gasteiger partial charge in [-0.15, -0.1) is 0 Å². The van der Waals surface area contributed by atoms with Gasteiger partial charge in [-0.1, -0.05) is 64.0 Å². The fourth-order valence-corrected chi connectivity index (χ4v) is 2.95. The molecule has 0 aliphatic rings. The van der Waals surface area contributed by atoms with Crippen molar-refractivity contribution in [2.45, 2.75) is 67.0 Å². The van der Waals surface area contributed by atoms with Crippen LogP contribution in [0.3, 0.4) is 0 Å². The van der Waals surface area contributed by atoms with Gasteiger partial charge in [0, 0.05) is 18.4 Å². The summed E-state index contributed by atoms with van der Waals surface area (Å²) < 4.78 is 41.1. The summed E-state index contributed by atoms with van der Waals surface area (Å²) in [5.41, 5.74) is -1.10. The number of ether oxygens (including phenoxy) is 1. The van der Waals surface area contributed by atoms with E-state index in [0.717, 1.165) is 31.9 Å². The van der Waals surface area contributed by atoms with E-state index >= 15 is 0 Å². The van der Waals surface area contributed by atoms with Crippen LogP contribution in [0.5, 0.6) is 5.75 Å². The number of Topliss-reactive ketones (excluding diaryl/α,β-unsaturated/α-hetero) is 2. The van der Waals surface area contributed by atoms with Crippen molar-refractivity contribution in [3.8, 4) is 5.75 Å². The van der Waals surface area contributed by atoms with Gasteiger partial charge in [0.1, 0.15) is 11.6 Å². The van der Waals surface area contributed by atoms with E-state index in [0.29, 0.717) is 42.4 Å². The first-order valence-electron chi connectivity index (χ1n) is 10.6. The van der Waals surface area contributed by atoms with Gasteiger partial charge in [0.25, 0.3) is 0 Å². The number of halogens is 3. The van der Waals surface area contributed by atoms with Crippen molar-refractivity contribution in [2.75, 3.05) is 0 Å². The third-order valence-electron chi connectivity index (χ3n) is 5.39. The molecule has 0 heterocycles. The zero-order valence-corrected chi connectivity index (χ0v) is 22.9. The average Bonchev–Trinajstić information content (AvgIpc) is 2.72. The van der Waals surface area contributed by atoms with Gasteiger partial charge in [-0.25, -0.2) is 0 Å². The van der Waals surface area contributed by atoms with Gasteiger partial charge in [0.05, 0.1) is 0 Å². The first kappa shape index (κ1) is 33.4. The summed E-state index contributed by atoms with van der Waals surface area (Å²) >= 11 is 0. The van der Waals surface area contributed by atoms with Crippen molar-refractivity contribution in [2.24, 2.45) is 17.8 Å². The van der Waals surface area contributed by atoms with Crippen LogP contribution < -0.4 is 4.74 Å². The first-order chi connectivity index (χ1) is 14.9. The normalized spacial score (nSPS) is 13.7. The first-order valence-corrected chi connectivity index (χ1v) is 10.6. The van der Waals surface area contributed by atoms with Crippen LogP contribution in [-0.4, -0.2) is 18.0 Å². The van der Waals surface area contributed by atoms with Crippen LogP contribution in [0.25, 0.3) is 0 Å². The summed E-state index contributed by atoms with van der Waals surface area (Å²) in [7, 11) is 0. The Morgan fingerprint density at radius 3 is 2.24 bits per heavy atom. The minimum absolute atomic E-state index is 0. The van der Waals surface area contributed by atoms with Crippen molar-refractivity contribution in [1.82, 2.24) is 0 Å². The van der Waals surface area contributed by atoms with Gasteiger partial charge in [-0.3, -0.25) is 9.59 Å². The van der Waals surface area contributed by atoms with Crippen molar-refractivity contribution in [1.29, 1.82) is 0 Å². The number of rotatable bonds is 11. The topological polar surface area (TPSA) is 60.4 Å². The van der Waals surface area contributed by atoms with E-state index in [4.69, 9.17) is 0 Å². The molecule has 0 bridgehead atoms. The standard InChI is InChI=1S/C15H27O.C10H6F3O3.W/c1-6-8-9-10-15(16)11-13(4)14(5)12(3)7-2;1-6(15)8-3-2-7(10(11,12)13)4-9(8)16-5-14;/h7-9,12-14H,6,10-11H2,1-5H3;2-4H,1H3;/q2*-1;+2/b9-8-;;. The van der Waals surface area contributed by atoms with Crippen molar-refractivity contribution < 1.29 is 53.4 Å². The van der Waals surface area contributed by atoms with Crippen LogP contribution in [0.15, 0.2) is 30.4 Å². The maximum atomic E-state index is 12.3.